The number of carbonyl (C=O) groups is 1. The minimum atomic E-state index is -0.0868. The lowest BCUT2D eigenvalue weighted by molar-refractivity contribution is -0.130. The number of anilines is 1. The van der Waals surface area contributed by atoms with E-state index in [-0.39, 0.29) is 12.5 Å². The van der Waals surface area contributed by atoms with E-state index in [1.807, 2.05) is 36.4 Å². The molecule has 2 aromatic carbocycles. The quantitative estimate of drug-likeness (QED) is 0.540. The highest BCUT2D eigenvalue weighted by Crippen LogP contribution is 2.20. The molecule has 1 unspecified atom stereocenters. The molecular formula is C22H30N4O2. The Bertz CT molecular complexity index is 800. The monoisotopic (exact) mass is 382 g/mol. The molecule has 2 rings (SSSR count). The Hall–Kier alpha value is -3.02. The highest BCUT2D eigenvalue weighted by Gasteiger charge is 2.06. The second-order valence-electron chi connectivity index (χ2n) is 6.98. The summed E-state index contributed by atoms with van der Waals surface area (Å²) in [5.74, 6) is 1.44. The summed E-state index contributed by atoms with van der Waals surface area (Å²) < 4.78 is 5.53. The summed E-state index contributed by atoms with van der Waals surface area (Å²) >= 11 is 0. The third-order valence-electron chi connectivity index (χ3n) is 4.56. The molecule has 0 heterocycles. The Labute approximate surface area is 167 Å². The van der Waals surface area contributed by atoms with Crippen LogP contribution in [0.3, 0.4) is 0 Å². The molecule has 150 valence electrons. The van der Waals surface area contributed by atoms with Crippen molar-refractivity contribution in [1.82, 2.24) is 4.90 Å². The number of rotatable bonds is 8. The van der Waals surface area contributed by atoms with Crippen LogP contribution in [0.15, 0.2) is 53.5 Å². The van der Waals surface area contributed by atoms with E-state index < -0.39 is 0 Å². The Morgan fingerprint density at radius 3 is 2.57 bits per heavy atom. The van der Waals surface area contributed by atoms with E-state index in [0.29, 0.717) is 24.2 Å². The second-order valence-corrected chi connectivity index (χ2v) is 6.98. The normalized spacial score (nSPS) is 12.4. The average Bonchev–Trinajstić information content (AvgIpc) is 2.70. The number of ether oxygens (including phenoxy) is 1. The van der Waals surface area contributed by atoms with Crippen molar-refractivity contribution in [1.29, 1.82) is 0 Å². The van der Waals surface area contributed by atoms with Crippen LogP contribution in [0.2, 0.25) is 0 Å². The standard InChI is InChI=1S/C22H30N4O2/c1-5-16(2)18-9-11-19(12-10-18)25-22(23)24-14-17-7-6-8-20(13-17)28-15-21(27)26(3)4/h6-13,16H,5,14-15H2,1-4H3,(H3,23,24,25). The van der Waals surface area contributed by atoms with Crippen molar-refractivity contribution in [2.45, 2.75) is 32.7 Å². The van der Waals surface area contributed by atoms with Gasteiger partial charge in [0.05, 0.1) is 6.54 Å². The van der Waals surface area contributed by atoms with Crippen LogP contribution in [0.1, 0.15) is 37.3 Å². The lowest BCUT2D eigenvalue weighted by Gasteiger charge is -2.12. The van der Waals surface area contributed by atoms with Crippen LogP contribution >= 0.6 is 0 Å². The van der Waals surface area contributed by atoms with Crippen LogP contribution in [-0.4, -0.2) is 37.5 Å². The van der Waals surface area contributed by atoms with Gasteiger partial charge in [0.15, 0.2) is 12.6 Å². The topological polar surface area (TPSA) is 80.0 Å². The first-order chi connectivity index (χ1) is 13.4. The summed E-state index contributed by atoms with van der Waals surface area (Å²) in [5, 5.41) is 3.11. The molecule has 0 saturated carbocycles. The minimum Gasteiger partial charge on any atom is -0.484 e. The zero-order chi connectivity index (χ0) is 20.5. The van der Waals surface area contributed by atoms with Crippen LogP contribution < -0.4 is 15.8 Å². The number of nitrogens with one attached hydrogen (secondary N) is 1. The smallest absolute Gasteiger partial charge is 0.259 e. The summed E-state index contributed by atoms with van der Waals surface area (Å²) in [6.07, 6.45) is 1.11. The molecule has 0 saturated heterocycles. The number of benzene rings is 2. The number of nitrogens with two attached hydrogens (primary N) is 1. The van der Waals surface area contributed by atoms with Crippen LogP contribution in [-0.2, 0) is 11.3 Å². The first-order valence-corrected chi connectivity index (χ1v) is 9.47. The van der Waals surface area contributed by atoms with Gasteiger partial charge in [0, 0.05) is 19.8 Å². The molecule has 0 aliphatic carbocycles. The molecule has 3 N–H and O–H groups in total. The van der Waals surface area contributed by atoms with Gasteiger partial charge in [-0.25, -0.2) is 4.99 Å². The van der Waals surface area contributed by atoms with Crippen molar-refractivity contribution < 1.29 is 9.53 Å². The van der Waals surface area contributed by atoms with Crippen LogP contribution in [0.25, 0.3) is 0 Å². The SMILES string of the molecule is CCC(C)c1ccc(NC(N)=NCc2cccc(OCC(=O)N(C)C)c2)cc1. The van der Waals surface area contributed by atoms with E-state index >= 15 is 0 Å². The second kappa shape index (κ2) is 10.3. The maximum absolute atomic E-state index is 11.6. The lowest BCUT2D eigenvalue weighted by Crippen LogP contribution is -2.27. The summed E-state index contributed by atoms with van der Waals surface area (Å²) in [5.41, 5.74) is 9.18. The van der Waals surface area contributed by atoms with Gasteiger partial charge in [-0.3, -0.25) is 4.79 Å². The van der Waals surface area contributed by atoms with Gasteiger partial charge in [-0.05, 0) is 47.7 Å². The third-order valence-corrected chi connectivity index (χ3v) is 4.56. The molecule has 2 aromatic rings. The van der Waals surface area contributed by atoms with Gasteiger partial charge >= 0.3 is 0 Å². The van der Waals surface area contributed by atoms with E-state index in [0.717, 1.165) is 17.7 Å². The maximum atomic E-state index is 11.6. The van der Waals surface area contributed by atoms with Crippen LogP contribution in [0, 0.1) is 0 Å². The Balaban J connectivity index is 1.92. The van der Waals surface area contributed by atoms with Crippen molar-refractivity contribution >= 4 is 17.6 Å². The molecule has 6 heteroatoms. The number of hydrogen-bond donors (Lipinski definition) is 2. The predicted octanol–water partition coefficient (Wildman–Crippen LogP) is 3.59. The Kier molecular flexibility index (Phi) is 7.87. The Morgan fingerprint density at radius 2 is 1.93 bits per heavy atom. The number of guanidine groups is 1. The molecule has 1 amide bonds. The molecule has 0 aliphatic heterocycles. The fourth-order valence-corrected chi connectivity index (χ4v) is 2.50. The molecular weight excluding hydrogens is 352 g/mol. The lowest BCUT2D eigenvalue weighted by atomic mass is 9.99. The minimum absolute atomic E-state index is 0.00998. The first kappa shape index (κ1) is 21.3. The van der Waals surface area contributed by atoms with Gasteiger partial charge in [0.25, 0.3) is 5.91 Å². The summed E-state index contributed by atoms with van der Waals surface area (Å²) in [7, 11) is 3.40. The van der Waals surface area contributed by atoms with Gasteiger partial charge in [-0.2, -0.15) is 0 Å². The number of aliphatic imine (C=N–C) groups is 1. The fourth-order valence-electron chi connectivity index (χ4n) is 2.50. The number of hydrogen-bond acceptors (Lipinski definition) is 3. The van der Waals surface area contributed by atoms with Crippen molar-refractivity contribution in [2.75, 3.05) is 26.0 Å². The van der Waals surface area contributed by atoms with Gasteiger partial charge in [-0.1, -0.05) is 38.1 Å². The number of likely N-dealkylation sites (N-methyl/N-ethyl adjacent to an activating group) is 1. The van der Waals surface area contributed by atoms with E-state index in [1.165, 1.54) is 10.5 Å². The molecule has 1 atom stereocenters. The number of nitrogens with zero attached hydrogens (tertiary/aromatic N) is 2. The number of carbonyl (C=O) groups excluding carboxylic acids is 1. The van der Waals surface area contributed by atoms with Crippen molar-refractivity contribution in [3.8, 4) is 5.75 Å². The molecule has 28 heavy (non-hydrogen) atoms. The van der Waals surface area contributed by atoms with E-state index in [9.17, 15) is 4.79 Å². The molecule has 6 nitrogen and oxygen atoms in total. The van der Waals surface area contributed by atoms with E-state index in [1.54, 1.807) is 14.1 Å². The summed E-state index contributed by atoms with van der Waals surface area (Å²) in [4.78, 5) is 17.5. The van der Waals surface area contributed by atoms with Crippen molar-refractivity contribution in [3.63, 3.8) is 0 Å². The maximum Gasteiger partial charge on any atom is 0.259 e. The largest absolute Gasteiger partial charge is 0.484 e. The zero-order valence-corrected chi connectivity index (χ0v) is 17.1. The van der Waals surface area contributed by atoms with E-state index in [4.69, 9.17) is 10.5 Å². The predicted molar refractivity (Wildman–Crippen MR) is 115 cm³/mol. The molecule has 0 aliphatic rings. The van der Waals surface area contributed by atoms with Gasteiger partial charge < -0.3 is 20.7 Å². The zero-order valence-electron chi connectivity index (χ0n) is 17.1. The third kappa shape index (κ3) is 6.61. The van der Waals surface area contributed by atoms with Gasteiger partial charge in [0.2, 0.25) is 0 Å². The molecule has 0 radical (unpaired) electrons. The Morgan fingerprint density at radius 1 is 1.21 bits per heavy atom. The van der Waals surface area contributed by atoms with Crippen LogP contribution in [0.5, 0.6) is 5.75 Å². The highest BCUT2D eigenvalue weighted by atomic mass is 16.5. The molecule has 0 aromatic heterocycles. The van der Waals surface area contributed by atoms with Crippen molar-refractivity contribution in [2.24, 2.45) is 10.7 Å². The van der Waals surface area contributed by atoms with Crippen molar-refractivity contribution in [3.05, 3.63) is 59.7 Å². The highest BCUT2D eigenvalue weighted by molar-refractivity contribution is 5.92. The summed E-state index contributed by atoms with van der Waals surface area (Å²) in [6, 6.07) is 15.7. The number of amides is 1. The van der Waals surface area contributed by atoms with Crippen LogP contribution in [0.4, 0.5) is 5.69 Å². The van der Waals surface area contributed by atoms with Gasteiger partial charge in [-0.15, -0.1) is 0 Å². The first-order valence-electron chi connectivity index (χ1n) is 9.47. The fraction of sp³-hybridized carbons (Fsp3) is 0.364. The molecule has 0 bridgehead atoms. The summed E-state index contributed by atoms with van der Waals surface area (Å²) in [6.45, 7) is 4.83. The molecule has 0 fully saturated rings. The molecule has 0 spiro atoms. The van der Waals surface area contributed by atoms with Gasteiger partial charge in [0.1, 0.15) is 5.75 Å². The average molecular weight is 383 g/mol. The van der Waals surface area contributed by atoms with E-state index in [2.05, 4.69) is 36.3 Å².